The predicted octanol–water partition coefficient (Wildman–Crippen LogP) is -0.261. The Hall–Kier alpha value is -0.260. The normalized spacial score (nSPS) is 15.6. The zero-order valence-electron chi connectivity index (χ0n) is 7.41. The highest BCUT2D eigenvalue weighted by molar-refractivity contribution is 7.98. The van der Waals surface area contributed by atoms with Crippen molar-refractivity contribution in [1.82, 2.24) is 5.32 Å². The van der Waals surface area contributed by atoms with Crippen LogP contribution in [0.2, 0.25) is 0 Å². The lowest BCUT2D eigenvalue weighted by Gasteiger charge is -2.13. The smallest absolute Gasteiger partial charge is 0.321 e. The van der Waals surface area contributed by atoms with Crippen LogP contribution in [0.1, 0.15) is 6.92 Å². The predicted molar refractivity (Wildman–Crippen MR) is 51.5 cm³/mol. The summed E-state index contributed by atoms with van der Waals surface area (Å²) in [4.78, 5) is 10.3. The number of carbonyl (C=O) groups is 1. The molecule has 0 aromatic carbocycles. The number of carboxylic acids is 1. The van der Waals surface area contributed by atoms with Crippen molar-refractivity contribution in [3.8, 4) is 0 Å². The van der Waals surface area contributed by atoms with E-state index in [9.17, 15) is 4.79 Å². The maximum Gasteiger partial charge on any atom is 0.321 e. The molecule has 0 aromatic rings. The van der Waals surface area contributed by atoms with Gasteiger partial charge < -0.3 is 16.2 Å². The summed E-state index contributed by atoms with van der Waals surface area (Å²) in [6, 6.07) is -0.486. The van der Waals surface area contributed by atoms with Crippen molar-refractivity contribution in [2.75, 3.05) is 18.6 Å². The Balaban J connectivity index is 3.46. The number of hydrogen-bond acceptors (Lipinski definition) is 4. The standard InChI is InChI=1S/C7H16N2O2S/c1-5(4-12-2)9-3-6(8)7(10)11/h5-6,9H,3-4,8H2,1-2H3,(H,10,11). The Morgan fingerprint density at radius 1 is 1.75 bits per heavy atom. The molecule has 0 aromatic heterocycles. The van der Waals surface area contributed by atoms with Crippen LogP contribution in [0.3, 0.4) is 0 Å². The van der Waals surface area contributed by atoms with E-state index in [1.54, 1.807) is 11.8 Å². The Kier molecular flexibility index (Phi) is 6.14. The van der Waals surface area contributed by atoms with Crippen molar-refractivity contribution in [3.63, 3.8) is 0 Å². The van der Waals surface area contributed by atoms with Crippen molar-refractivity contribution in [2.24, 2.45) is 5.73 Å². The van der Waals surface area contributed by atoms with Gasteiger partial charge in [-0.15, -0.1) is 0 Å². The highest BCUT2D eigenvalue weighted by Gasteiger charge is 2.11. The van der Waals surface area contributed by atoms with Crippen molar-refractivity contribution >= 4 is 17.7 Å². The first-order chi connectivity index (χ1) is 5.57. The summed E-state index contributed by atoms with van der Waals surface area (Å²) in [5.74, 6) is 0.00523. The van der Waals surface area contributed by atoms with Crippen molar-refractivity contribution < 1.29 is 9.90 Å². The molecule has 2 unspecified atom stereocenters. The molecule has 0 heterocycles. The van der Waals surface area contributed by atoms with Crippen molar-refractivity contribution in [2.45, 2.75) is 19.0 Å². The summed E-state index contributed by atoms with van der Waals surface area (Å²) in [5, 5.41) is 11.5. The molecule has 0 saturated carbocycles. The molecular weight excluding hydrogens is 176 g/mol. The van der Waals surface area contributed by atoms with E-state index in [-0.39, 0.29) is 0 Å². The van der Waals surface area contributed by atoms with Gasteiger partial charge in [-0.2, -0.15) is 11.8 Å². The second kappa shape index (κ2) is 6.28. The lowest BCUT2D eigenvalue weighted by molar-refractivity contribution is -0.138. The second-order valence-corrected chi connectivity index (χ2v) is 3.62. The zero-order chi connectivity index (χ0) is 9.56. The van der Waals surface area contributed by atoms with Gasteiger partial charge in [-0.05, 0) is 13.2 Å². The van der Waals surface area contributed by atoms with Gasteiger partial charge in [0.05, 0.1) is 0 Å². The van der Waals surface area contributed by atoms with Crippen LogP contribution in [0.4, 0.5) is 0 Å². The maximum absolute atomic E-state index is 10.3. The van der Waals surface area contributed by atoms with Gasteiger partial charge in [-0.1, -0.05) is 0 Å². The summed E-state index contributed by atoms with van der Waals surface area (Å²) in [6.45, 7) is 2.34. The monoisotopic (exact) mass is 192 g/mol. The maximum atomic E-state index is 10.3. The second-order valence-electron chi connectivity index (χ2n) is 2.71. The van der Waals surface area contributed by atoms with E-state index in [4.69, 9.17) is 10.8 Å². The number of hydrogen-bond donors (Lipinski definition) is 3. The van der Waals surface area contributed by atoms with Gasteiger partial charge in [0.2, 0.25) is 0 Å². The van der Waals surface area contributed by atoms with Crippen LogP contribution in [-0.2, 0) is 4.79 Å². The van der Waals surface area contributed by atoms with Crippen LogP contribution >= 0.6 is 11.8 Å². The minimum absolute atomic E-state index is 0.311. The topological polar surface area (TPSA) is 75.3 Å². The minimum atomic E-state index is -0.959. The molecule has 4 nitrogen and oxygen atoms in total. The molecule has 72 valence electrons. The quantitative estimate of drug-likeness (QED) is 0.540. The third-order valence-corrected chi connectivity index (χ3v) is 2.25. The number of aliphatic carboxylic acids is 1. The van der Waals surface area contributed by atoms with E-state index in [0.717, 1.165) is 5.75 Å². The molecule has 12 heavy (non-hydrogen) atoms. The molecule has 5 heteroatoms. The van der Waals surface area contributed by atoms with E-state index in [1.165, 1.54) is 0 Å². The molecule has 0 aliphatic carbocycles. The Morgan fingerprint density at radius 3 is 2.75 bits per heavy atom. The Labute approximate surface area is 76.9 Å². The summed E-state index contributed by atoms with van der Waals surface area (Å²) < 4.78 is 0. The molecule has 0 radical (unpaired) electrons. The van der Waals surface area contributed by atoms with Gasteiger partial charge in [0.25, 0.3) is 0 Å². The van der Waals surface area contributed by atoms with Gasteiger partial charge in [-0.3, -0.25) is 4.79 Å². The van der Waals surface area contributed by atoms with E-state index < -0.39 is 12.0 Å². The van der Waals surface area contributed by atoms with E-state index >= 15 is 0 Å². The molecule has 0 rings (SSSR count). The number of nitrogens with two attached hydrogens (primary N) is 1. The van der Waals surface area contributed by atoms with Gasteiger partial charge >= 0.3 is 5.97 Å². The number of thioether (sulfide) groups is 1. The first-order valence-corrected chi connectivity index (χ1v) is 5.18. The Morgan fingerprint density at radius 2 is 2.33 bits per heavy atom. The molecule has 0 aliphatic heterocycles. The van der Waals surface area contributed by atoms with Crippen LogP contribution in [0, 0.1) is 0 Å². The van der Waals surface area contributed by atoms with Crippen molar-refractivity contribution in [3.05, 3.63) is 0 Å². The summed E-state index contributed by atoms with van der Waals surface area (Å²) in [7, 11) is 0. The molecular formula is C7H16N2O2S. The Bertz CT molecular complexity index is 143. The van der Waals surface area contributed by atoms with E-state index in [2.05, 4.69) is 5.32 Å². The molecule has 0 amide bonds. The third-order valence-electron chi connectivity index (χ3n) is 1.42. The lowest BCUT2D eigenvalue weighted by Crippen LogP contribution is -2.43. The highest BCUT2D eigenvalue weighted by Crippen LogP contribution is 1.95. The molecule has 0 saturated heterocycles. The average molecular weight is 192 g/mol. The average Bonchev–Trinajstić information content (AvgIpc) is 2.00. The fourth-order valence-electron chi connectivity index (χ4n) is 0.724. The number of nitrogens with one attached hydrogen (secondary N) is 1. The molecule has 0 spiro atoms. The van der Waals surface area contributed by atoms with Crippen LogP contribution < -0.4 is 11.1 Å². The fraction of sp³-hybridized carbons (Fsp3) is 0.857. The van der Waals surface area contributed by atoms with Gasteiger partial charge in [0.15, 0.2) is 0 Å². The van der Waals surface area contributed by atoms with E-state index in [0.29, 0.717) is 12.6 Å². The fourth-order valence-corrected chi connectivity index (χ4v) is 1.34. The van der Waals surface area contributed by atoms with Gasteiger partial charge in [-0.25, -0.2) is 0 Å². The summed E-state index contributed by atoms with van der Waals surface area (Å²) >= 11 is 1.72. The SMILES string of the molecule is CSCC(C)NCC(N)C(=O)O. The van der Waals surface area contributed by atoms with Crippen LogP contribution in [0.15, 0.2) is 0 Å². The van der Waals surface area contributed by atoms with Crippen LogP contribution in [-0.4, -0.2) is 41.7 Å². The molecule has 0 bridgehead atoms. The zero-order valence-corrected chi connectivity index (χ0v) is 8.23. The first kappa shape index (κ1) is 11.7. The molecule has 0 aliphatic rings. The van der Waals surface area contributed by atoms with Gasteiger partial charge in [0, 0.05) is 18.3 Å². The largest absolute Gasteiger partial charge is 0.480 e. The number of carboxylic acid groups (broad SMARTS) is 1. The summed E-state index contributed by atoms with van der Waals surface area (Å²) in [6.07, 6.45) is 2.01. The van der Waals surface area contributed by atoms with Gasteiger partial charge in [0.1, 0.15) is 6.04 Å². The molecule has 0 fully saturated rings. The molecule has 2 atom stereocenters. The van der Waals surface area contributed by atoms with Crippen LogP contribution in [0.25, 0.3) is 0 Å². The van der Waals surface area contributed by atoms with E-state index in [1.807, 2.05) is 13.2 Å². The highest BCUT2D eigenvalue weighted by atomic mass is 32.2. The minimum Gasteiger partial charge on any atom is -0.480 e. The van der Waals surface area contributed by atoms with Crippen molar-refractivity contribution in [1.29, 1.82) is 0 Å². The lowest BCUT2D eigenvalue weighted by atomic mass is 10.3. The first-order valence-electron chi connectivity index (χ1n) is 3.78. The molecule has 4 N–H and O–H groups in total. The summed E-state index contributed by atoms with van der Waals surface area (Å²) in [5.41, 5.74) is 5.29. The third kappa shape index (κ3) is 5.40. The number of rotatable bonds is 6. The van der Waals surface area contributed by atoms with Crippen LogP contribution in [0.5, 0.6) is 0 Å².